The van der Waals surface area contributed by atoms with Crippen LogP contribution < -0.4 is 5.32 Å². The summed E-state index contributed by atoms with van der Waals surface area (Å²) in [5.74, 6) is 0.479. The lowest BCUT2D eigenvalue weighted by molar-refractivity contribution is -0.127. The highest BCUT2D eigenvalue weighted by Crippen LogP contribution is 2.31. The Balaban J connectivity index is 1.30. The van der Waals surface area contributed by atoms with Gasteiger partial charge in [-0.2, -0.15) is 5.26 Å². The van der Waals surface area contributed by atoms with Gasteiger partial charge in [0, 0.05) is 32.7 Å². The Labute approximate surface area is 266 Å². The molecule has 0 saturated carbocycles. The molecule has 2 aliphatic rings. The number of benzene rings is 1. The summed E-state index contributed by atoms with van der Waals surface area (Å²) in [6.07, 6.45) is 6.34. The highest BCUT2D eigenvalue weighted by Gasteiger charge is 2.33. The first-order chi connectivity index (χ1) is 21.7. The Hall–Kier alpha value is -4.31. The Bertz CT molecular complexity index is 1750. The normalized spacial score (nSPS) is 18.0. The van der Waals surface area contributed by atoms with Crippen molar-refractivity contribution in [1.82, 2.24) is 24.3 Å². The van der Waals surface area contributed by atoms with Gasteiger partial charge in [-0.3, -0.25) is 19.8 Å². The van der Waals surface area contributed by atoms with Crippen molar-refractivity contribution in [2.75, 3.05) is 38.2 Å². The summed E-state index contributed by atoms with van der Waals surface area (Å²) in [4.78, 5) is 41.4. The molecule has 0 radical (unpaired) electrons. The van der Waals surface area contributed by atoms with Gasteiger partial charge in [-0.25, -0.2) is 9.97 Å². The number of likely N-dealkylation sites (tertiary alicyclic amines) is 1. The number of thiophene rings is 1. The van der Waals surface area contributed by atoms with Gasteiger partial charge in [-0.05, 0) is 48.1 Å². The maximum Gasteiger partial charge on any atom is 0.268 e. The van der Waals surface area contributed by atoms with Gasteiger partial charge in [-0.1, -0.05) is 32.9 Å². The van der Waals surface area contributed by atoms with E-state index in [2.05, 4.69) is 33.4 Å². The minimum Gasteiger partial charge on any atom is -0.443 e. The second kappa shape index (κ2) is 13.0. The van der Waals surface area contributed by atoms with Gasteiger partial charge in [0.1, 0.15) is 11.6 Å². The van der Waals surface area contributed by atoms with E-state index in [1.165, 1.54) is 17.7 Å². The molecule has 1 N–H and O–H groups in total. The number of carbonyl (C=O) groups is 2. The summed E-state index contributed by atoms with van der Waals surface area (Å²) in [6.45, 7) is 10.9. The summed E-state index contributed by atoms with van der Waals surface area (Å²) in [7, 11) is 0. The fraction of sp³-hybridized carbons (Fsp3) is 0.424. The highest BCUT2D eigenvalue weighted by atomic mass is 32.1. The molecule has 12 heteroatoms. The monoisotopic (exact) mass is 627 g/mol. The molecule has 0 aliphatic carbocycles. The fourth-order valence-electron chi connectivity index (χ4n) is 5.90. The fourth-order valence-corrected chi connectivity index (χ4v) is 6.75. The molecule has 45 heavy (non-hydrogen) atoms. The molecule has 2 fully saturated rings. The lowest BCUT2D eigenvalue weighted by Gasteiger charge is -2.27. The van der Waals surface area contributed by atoms with E-state index in [1.54, 1.807) is 23.2 Å². The maximum absolute atomic E-state index is 13.6. The van der Waals surface area contributed by atoms with Crippen molar-refractivity contribution >= 4 is 40.1 Å². The number of imidazole rings is 1. The first-order valence-corrected chi connectivity index (χ1v) is 16.0. The molecule has 2 saturated heterocycles. The third-order valence-corrected chi connectivity index (χ3v) is 9.11. The van der Waals surface area contributed by atoms with Crippen LogP contribution >= 0.6 is 11.3 Å². The minimum atomic E-state index is -0.304. The summed E-state index contributed by atoms with van der Waals surface area (Å²) in [5.41, 5.74) is 2.62. The molecule has 0 spiro atoms. The topological polar surface area (TPSA) is 130 Å². The Kier molecular flexibility index (Phi) is 8.85. The van der Waals surface area contributed by atoms with E-state index in [4.69, 9.17) is 14.1 Å². The molecule has 6 rings (SSSR count). The van der Waals surface area contributed by atoms with Crippen molar-refractivity contribution < 1.29 is 18.7 Å². The summed E-state index contributed by atoms with van der Waals surface area (Å²) in [6, 6.07) is 11.8. The van der Waals surface area contributed by atoms with Crippen LogP contribution in [-0.4, -0.2) is 75.0 Å². The van der Waals surface area contributed by atoms with Crippen molar-refractivity contribution in [2.24, 2.45) is 5.41 Å². The molecular weight excluding hydrogens is 590 g/mol. The highest BCUT2D eigenvalue weighted by molar-refractivity contribution is 7.17. The Morgan fingerprint density at radius 3 is 2.73 bits per heavy atom. The lowest BCUT2D eigenvalue weighted by atomic mass is 9.93. The number of nitrogens with zero attached hydrogens (tertiary/aromatic N) is 6. The number of hydrogen-bond donors (Lipinski definition) is 1. The summed E-state index contributed by atoms with van der Waals surface area (Å²) < 4.78 is 12.9. The molecule has 2 aliphatic heterocycles. The van der Waals surface area contributed by atoms with E-state index >= 15 is 0 Å². The molecular formula is C33H37N7O4S. The number of allylic oxidation sites excluding steroid dienone is 1. The molecule has 1 atom stereocenters. The predicted molar refractivity (Wildman–Crippen MR) is 171 cm³/mol. The number of nitriles is 1. The molecule has 1 aromatic carbocycles. The van der Waals surface area contributed by atoms with Crippen LogP contribution in [0.4, 0.5) is 5.95 Å². The summed E-state index contributed by atoms with van der Waals surface area (Å²) in [5, 5.41) is 12.9. The van der Waals surface area contributed by atoms with Crippen molar-refractivity contribution in [3.63, 3.8) is 0 Å². The van der Waals surface area contributed by atoms with Gasteiger partial charge >= 0.3 is 0 Å². The number of hydrogen-bond acceptors (Lipinski definition) is 9. The average molecular weight is 628 g/mol. The predicted octanol–water partition coefficient (Wildman–Crippen LogP) is 5.32. The van der Waals surface area contributed by atoms with Crippen LogP contribution in [-0.2, 0) is 22.6 Å². The largest absolute Gasteiger partial charge is 0.443 e. The molecule has 11 nitrogen and oxygen atoms in total. The zero-order valence-electron chi connectivity index (χ0n) is 25.8. The number of morpholine rings is 1. The molecule has 2 amide bonds. The number of aromatic nitrogens is 3. The van der Waals surface area contributed by atoms with Crippen molar-refractivity contribution in [3.05, 3.63) is 65.0 Å². The van der Waals surface area contributed by atoms with Gasteiger partial charge in [0.25, 0.3) is 11.8 Å². The number of amides is 2. The van der Waals surface area contributed by atoms with Crippen LogP contribution in [0.25, 0.3) is 21.7 Å². The van der Waals surface area contributed by atoms with Crippen LogP contribution in [0.15, 0.2) is 59.0 Å². The van der Waals surface area contributed by atoms with E-state index in [1.807, 2.05) is 37.5 Å². The van der Waals surface area contributed by atoms with Gasteiger partial charge in [0.2, 0.25) is 5.95 Å². The second-order valence-corrected chi connectivity index (χ2v) is 13.7. The molecule has 0 bridgehead atoms. The van der Waals surface area contributed by atoms with Gasteiger partial charge in [-0.15, -0.1) is 11.3 Å². The SMILES string of the molecule is CC(C)(C)C=C(C#N)C(=O)N1CCC[C@@H]1Cn1c(NC(=O)c2ccc(-c3cnco3)s2)nc2cc(CN3CCOCC3)ccc21. The summed E-state index contributed by atoms with van der Waals surface area (Å²) >= 11 is 1.31. The standard InChI is InChI=1S/C33H37N7O4S/c1-33(2,3)16-23(17-34)31(42)39-10-4-5-24(39)20-40-26-7-6-22(19-38-11-13-43-14-12-38)15-25(26)36-32(40)37-30(41)29-9-8-28(45-29)27-18-35-21-44-27/h6-9,15-16,18,21,24H,4-5,10-14,19-20H2,1-3H3,(H,36,37,41)/t24-/m1/s1. The third-order valence-electron chi connectivity index (χ3n) is 8.01. The molecule has 0 unspecified atom stereocenters. The van der Waals surface area contributed by atoms with Crippen molar-refractivity contribution in [3.8, 4) is 16.7 Å². The minimum absolute atomic E-state index is 0.157. The number of nitrogens with one attached hydrogen (secondary N) is 1. The van der Waals surface area contributed by atoms with Gasteiger partial charge in [0.05, 0.1) is 46.2 Å². The van der Waals surface area contributed by atoms with E-state index in [-0.39, 0.29) is 28.8 Å². The Morgan fingerprint density at radius 1 is 1.18 bits per heavy atom. The average Bonchev–Trinajstić information content (AvgIpc) is 3.83. The quantitative estimate of drug-likeness (QED) is 0.205. The number of carbonyl (C=O) groups excluding carboxylic acids is 2. The molecule has 3 aromatic heterocycles. The lowest BCUT2D eigenvalue weighted by Crippen LogP contribution is -2.39. The van der Waals surface area contributed by atoms with Crippen LogP contribution in [0.1, 0.15) is 48.8 Å². The van der Waals surface area contributed by atoms with Crippen LogP contribution in [0, 0.1) is 16.7 Å². The third kappa shape index (κ3) is 7.01. The van der Waals surface area contributed by atoms with E-state index in [0.29, 0.717) is 29.7 Å². The number of fused-ring (bicyclic) bond motifs is 1. The maximum atomic E-state index is 13.6. The Morgan fingerprint density at radius 2 is 2.00 bits per heavy atom. The molecule has 5 heterocycles. The second-order valence-electron chi connectivity index (χ2n) is 12.6. The first kappa shape index (κ1) is 30.7. The zero-order valence-corrected chi connectivity index (χ0v) is 26.6. The van der Waals surface area contributed by atoms with Crippen LogP contribution in [0.3, 0.4) is 0 Å². The molecule has 234 valence electrons. The molecule has 4 aromatic rings. The number of anilines is 1. The van der Waals surface area contributed by atoms with E-state index in [9.17, 15) is 14.9 Å². The first-order valence-electron chi connectivity index (χ1n) is 15.2. The van der Waals surface area contributed by atoms with E-state index in [0.717, 1.165) is 67.2 Å². The number of rotatable bonds is 8. The zero-order chi connectivity index (χ0) is 31.6. The van der Waals surface area contributed by atoms with Crippen LogP contribution in [0.2, 0.25) is 0 Å². The van der Waals surface area contributed by atoms with Crippen molar-refractivity contribution in [1.29, 1.82) is 5.26 Å². The number of ether oxygens (including phenoxy) is 1. The van der Waals surface area contributed by atoms with Gasteiger partial charge < -0.3 is 18.6 Å². The van der Waals surface area contributed by atoms with E-state index < -0.39 is 0 Å². The van der Waals surface area contributed by atoms with Gasteiger partial charge in [0.15, 0.2) is 12.2 Å². The smallest absolute Gasteiger partial charge is 0.268 e. The van der Waals surface area contributed by atoms with Crippen molar-refractivity contribution in [2.45, 2.75) is 52.7 Å². The van der Waals surface area contributed by atoms with Crippen LogP contribution in [0.5, 0.6) is 0 Å². The number of oxazole rings is 1.